The Hall–Kier alpha value is -3.08. The van der Waals surface area contributed by atoms with Crippen molar-refractivity contribution in [2.75, 3.05) is 13.7 Å². The molecule has 1 fully saturated rings. The maximum Gasteiger partial charge on any atom is 0.347 e. The fraction of sp³-hybridized carbons (Fsp3) is 0.200. The fourth-order valence-corrected chi connectivity index (χ4v) is 2.60. The Morgan fingerprint density at radius 1 is 1.12 bits per heavy atom. The third-order valence-electron chi connectivity index (χ3n) is 3.88. The molecule has 0 amide bonds. The van der Waals surface area contributed by atoms with Gasteiger partial charge < -0.3 is 14.2 Å². The molecule has 0 bridgehead atoms. The van der Waals surface area contributed by atoms with Crippen molar-refractivity contribution in [3.05, 3.63) is 65.7 Å². The summed E-state index contributed by atoms with van der Waals surface area (Å²) in [5.41, 5.74) is 1.80. The largest absolute Gasteiger partial charge is 0.496 e. The number of para-hydroxylation sites is 1. The third kappa shape index (κ3) is 3.88. The lowest BCUT2D eigenvalue weighted by Crippen LogP contribution is -2.23. The van der Waals surface area contributed by atoms with Crippen molar-refractivity contribution in [3.8, 4) is 5.75 Å². The van der Waals surface area contributed by atoms with E-state index in [2.05, 4.69) is 0 Å². The van der Waals surface area contributed by atoms with Gasteiger partial charge in [0, 0.05) is 12.0 Å². The summed E-state index contributed by atoms with van der Waals surface area (Å²) in [6.07, 6.45) is 1.23. The summed E-state index contributed by atoms with van der Waals surface area (Å²) >= 11 is 0. The van der Waals surface area contributed by atoms with Crippen LogP contribution in [0.4, 0.5) is 0 Å². The maximum atomic E-state index is 12.7. The van der Waals surface area contributed by atoms with Gasteiger partial charge in [-0.25, -0.2) is 9.59 Å². The van der Waals surface area contributed by atoms with Crippen LogP contribution in [-0.2, 0) is 19.1 Å². The number of cyclic esters (lactones) is 1. The minimum Gasteiger partial charge on any atom is -0.496 e. The molecule has 128 valence electrons. The molecular weight excluding hydrogens is 320 g/mol. The first kappa shape index (κ1) is 16.8. The number of methoxy groups -OCH3 is 1. The highest BCUT2D eigenvalue weighted by molar-refractivity contribution is 6.22. The van der Waals surface area contributed by atoms with Crippen molar-refractivity contribution in [1.29, 1.82) is 0 Å². The summed E-state index contributed by atoms with van der Waals surface area (Å²) in [6.45, 7) is 0.272. The zero-order valence-corrected chi connectivity index (χ0v) is 13.8. The highest BCUT2D eigenvalue weighted by atomic mass is 16.6. The van der Waals surface area contributed by atoms with Crippen LogP contribution >= 0.6 is 0 Å². The fourth-order valence-electron chi connectivity index (χ4n) is 2.60. The van der Waals surface area contributed by atoms with E-state index in [1.54, 1.807) is 13.2 Å². The van der Waals surface area contributed by atoms with E-state index in [1.165, 1.54) is 0 Å². The summed E-state index contributed by atoms with van der Waals surface area (Å²) in [5.74, 6) is -0.428. The number of hydrogen-bond acceptors (Lipinski definition) is 5. The lowest BCUT2D eigenvalue weighted by molar-refractivity contribution is -0.156. The second-order valence-electron chi connectivity index (χ2n) is 5.52. The molecule has 3 rings (SSSR count). The van der Waals surface area contributed by atoms with Crippen molar-refractivity contribution >= 4 is 23.6 Å². The summed E-state index contributed by atoms with van der Waals surface area (Å²) in [6, 6.07) is 16.5. The Morgan fingerprint density at radius 2 is 1.84 bits per heavy atom. The van der Waals surface area contributed by atoms with Gasteiger partial charge in [0.25, 0.3) is 0 Å². The molecule has 0 aliphatic carbocycles. The SMILES string of the molecule is COc1ccccc1/C=C(/C(=O)OC1CCOC1=O)c1ccccc1. The molecule has 0 spiro atoms. The average molecular weight is 338 g/mol. The number of rotatable bonds is 5. The Kier molecular flexibility index (Phi) is 5.14. The summed E-state index contributed by atoms with van der Waals surface area (Å²) in [7, 11) is 1.57. The highest BCUT2D eigenvalue weighted by Gasteiger charge is 2.31. The van der Waals surface area contributed by atoms with E-state index in [0.29, 0.717) is 23.3 Å². The van der Waals surface area contributed by atoms with Crippen molar-refractivity contribution in [2.24, 2.45) is 0 Å². The van der Waals surface area contributed by atoms with Crippen LogP contribution in [0.5, 0.6) is 5.75 Å². The third-order valence-corrected chi connectivity index (χ3v) is 3.88. The average Bonchev–Trinajstić information content (AvgIpc) is 3.05. The highest BCUT2D eigenvalue weighted by Crippen LogP contribution is 2.26. The smallest absolute Gasteiger partial charge is 0.347 e. The minimum absolute atomic E-state index is 0.272. The molecule has 5 heteroatoms. The molecule has 1 saturated heterocycles. The normalized spacial score (nSPS) is 17.1. The van der Waals surface area contributed by atoms with Gasteiger partial charge in [0.1, 0.15) is 5.75 Å². The van der Waals surface area contributed by atoms with E-state index >= 15 is 0 Å². The number of hydrogen-bond donors (Lipinski definition) is 0. The Balaban J connectivity index is 1.96. The minimum atomic E-state index is -0.850. The van der Waals surface area contributed by atoms with Gasteiger partial charge in [-0.05, 0) is 17.7 Å². The first-order valence-electron chi connectivity index (χ1n) is 7.97. The lowest BCUT2D eigenvalue weighted by Gasteiger charge is -2.12. The summed E-state index contributed by atoms with van der Waals surface area (Å²) < 4.78 is 15.6. The zero-order valence-electron chi connectivity index (χ0n) is 13.8. The van der Waals surface area contributed by atoms with E-state index < -0.39 is 18.0 Å². The van der Waals surface area contributed by atoms with Gasteiger partial charge in [-0.15, -0.1) is 0 Å². The van der Waals surface area contributed by atoms with Gasteiger partial charge in [-0.3, -0.25) is 0 Å². The summed E-state index contributed by atoms with van der Waals surface area (Å²) in [5, 5.41) is 0. The van der Waals surface area contributed by atoms with Crippen LogP contribution in [0.2, 0.25) is 0 Å². The van der Waals surface area contributed by atoms with Gasteiger partial charge in [-0.1, -0.05) is 48.5 Å². The van der Waals surface area contributed by atoms with E-state index in [-0.39, 0.29) is 6.61 Å². The second-order valence-corrected chi connectivity index (χ2v) is 5.52. The van der Waals surface area contributed by atoms with Gasteiger partial charge in [0.2, 0.25) is 6.10 Å². The molecule has 2 aromatic rings. The number of carbonyl (C=O) groups is 2. The van der Waals surface area contributed by atoms with Gasteiger partial charge in [0.15, 0.2) is 0 Å². The van der Waals surface area contributed by atoms with Gasteiger partial charge in [-0.2, -0.15) is 0 Å². The first-order valence-corrected chi connectivity index (χ1v) is 7.97. The molecule has 0 aromatic heterocycles. The van der Waals surface area contributed by atoms with Crippen LogP contribution < -0.4 is 4.74 Å². The second kappa shape index (κ2) is 7.66. The predicted octanol–water partition coefficient (Wildman–Crippen LogP) is 3.09. The van der Waals surface area contributed by atoms with E-state index in [1.807, 2.05) is 54.6 Å². The van der Waals surface area contributed by atoms with Crippen molar-refractivity contribution < 1.29 is 23.8 Å². The van der Waals surface area contributed by atoms with Crippen LogP contribution in [0.3, 0.4) is 0 Å². The number of carbonyl (C=O) groups excluding carboxylic acids is 2. The molecule has 0 N–H and O–H groups in total. The standard InChI is InChI=1S/C20H18O5/c1-23-17-10-6-5-9-15(17)13-16(14-7-3-2-4-8-14)19(21)25-18-11-12-24-20(18)22/h2-10,13,18H,11-12H2,1H3/b16-13+. The van der Waals surface area contributed by atoms with Crippen LogP contribution in [0, 0.1) is 0 Å². The first-order chi connectivity index (χ1) is 12.2. The number of ether oxygens (including phenoxy) is 3. The van der Waals surface area contributed by atoms with Crippen LogP contribution in [0.15, 0.2) is 54.6 Å². The predicted molar refractivity (Wildman–Crippen MR) is 92.8 cm³/mol. The van der Waals surface area contributed by atoms with Crippen molar-refractivity contribution in [2.45, 2.75) is 12.5 Å². The molecule has 1 aliphatic heterocycles. The van der Waals surface area contributed by atoms with Crippen molar-refractivity contribution in [3.63, 3.8) is 0 Å². The molecule has 1 heterocycles. The Labute approximate surface area is 145 Å². The number of esters is 2. The van der Waals surface area contributed by atoms with E-state index in [4.69, 9.17) is 14.2 Å². The zero-order chi connectivity index (χ0) is 17.6. The molecule has 5 nitrogen and oxygen atoms in total. The van der Waals surface area contributed by atoms with Gasteiger partial charge >= 0.3 is 11.9 Å². The van der Waals surface area contributed by atoms with E-state index in [0.717, 1.165) is 5.56 Å². The van der Waals surface area contributed by atoms with Crippen LogP contribution in [0.25, 0.3) is 11.6 Å². The van der Waals surface area contributed by atoms with E-state index in [9.17, 15) is 9.59 Å². The molecule has 2 aromatic carbocycles. The Morgan fingerprint density at radius 3 is 2.52 bits per heavy atom. The van der Waals surface area contributed by atoms with Gasteiger partial charge in [0.05, 0.1) is 19.3 Å². The van der Waals surface area contributed by atoms with Crippen LogP contribution in [0.1, 0.15) is 17.5 Å². The molecule has 1 aliphatic rings. The molecule has 1 atom stereocenters. The quantitative estimate of drug-likeness (QED) is 0.476. The van der Waals surface area contributed by atoms with Crippen molar-refractivity contribution in [1.82, 2.24) is 0 Å². The molecule has 25 heavy (non-hydrogen) atoms. The monoisotopic (exact) mass is 338 g/mol. The lowest BCUT2D eigenvalue weighted by atomic mass is 10.0. The molecular formula is C20H18O5. The van der Waals surface area contributed by atoms with Crippen LogP contribution in [-0.4, -0.2) is 31.8 Å². The topological polar surface area (TPSA) is 61.8 Å². The molecule has 0 radical (unpaired) electrons. The Bertz CT molecular complexity index is 795. The maximum absolute atomic E-state index is 12.7. The molecule has 0 saturated carbocycles. The number of benzene rings is 2. The summed E-state index contributed by atoms with van der Waals surface area (Å²) in [4.78, 5) is 24.3. The molecule has 1 unspecified atom stereocenters.